The van der Waals surface area contributed by atoms with Gasteiger partial charge in [-0.1, -0.05) is 47.1 Å². The van der Waals surface area contributed by atoms with Gasteiger partial charge in [0.05, 0.1) is 15.8 Å². The van der Waals surface area contributed by atoms with E-state index >= 15 is 0 Å². The molecular weight excluding hydrogens is 442 g/mol. The Bertz CT molecular complexity index is 1280. The first kappa shape index (κ1) is 20.9. The number of nitrogen functional groups attached to an aromatic ring is 1. The molecule has 3 aromatic rings. The molecule has 1 aliphatic heterocycles. The van der Waals surface area contributed by atoms with E-state index in [4.69, 9.17) is 22.2 Å². The summed E-state index contributed by atoms with van der Waals surface area (Å²) in [4.78, 5) is 47.3. The van der Waals surface area contributed by atoms with Crippen LogP contribution in [0, 0.1) is 0 Å². The molecule has 1 aromatic carbocycles. The molecular formula is C20H18ClN5O4S. The van der Waals surface area contributed by atoms with Crippen LogP contribution in [0.4, 0.5) is 11.5 Å². The zero-order valence-electron chi connectivity index (χ0n) is 16.4. The second-order valence-electron chi connectivity index (χ2n) is 6.90. The number of nitrogens with zero attached hydrogens (tertiary/aromatic N) is 3. The van der Waals surface area contributed by atoms with Gasteiger partial charge in [0.25, 0.3) is 11.5 Å². The summed E-state index contributed by atoms with van der Waals surface area (Å²) in [5.74, 6) is -0.624. The lowest BCUT2D eigenvalue weighted by Gasteiger charge is -2.22. The number of nitrogens with two attached hydrogens (primary N) is 1. The average molecular weight is 460 g/mol. The Morgan fingerprint density at radius 3 is 2.74 bits per heavy atom. The molecule has 0 radical (unpaired) electrons. The molecule has 11 heteroatoms. The predicted octanol–water partition coefficient (Wildman–Crippen LogP) is 2.04. The van der Waals surface area contributed by atoms with Crippen molar-refractivity contribution in [3.8, 4) is 0 Å². The quantitative estimate of drug-likeness (QED) is 0.604. The minimum Gasteiger partial charge on any atom is -0.383 e. The fourth-order valence-electron chi connectivity index (χ4n) is 3.28. The van der Waals surface area contributed by atoms with Crippen LogP contribution in [0.25, 0.3) is 0 Å². The van der Waals surface area contributed by atoms with Crippen molar-refractivity contribution in [2.45, 2.75) is 19.1 Å². The van der Waals surface area contributed by atoms with E-state index in [0.717, 1.165) is 15.3 Å². The predicted molar refractivity (Wildman–Crippen MR) is 120 cm³/mol. The minimum absolute atomic E-state index is 0.113. The van der Waals surface area contributed by atoms with Crippen molar-refractivity contribution in [3.63, 3.8) is 0 Å². The zero-order chi connectivity index (χ0) is 22.1. The first-order chi connectivity index (χ1) is 14.8. The molecule has 1 unspecified atom stereocenters. The molecule has 0 fully saturated rings. The summed E-state index contributed by atoms with van der Waals surface area (Å²) in [6.45, 7) is 0.143. The van der Waals surface area contributed by atoms with E-state index in [-0.39, 0.29) is 24.5 Å². The molecule has 9 nitrogen and oxygen atoms in total. The number of thiophene rings is 1. The third-order valence-corrected chi connectivity index (χ3v) is 6.15. The lowest BCUT2D eigenvalue weighted by molar-refractivity contribution is -0.128. The first-order valence-electron chi connectivity index (χ1n) is 9.27. The highest BCUT2D eigenvalue weighted by atomic mass is 35.5. The van der Waals surface area contributed by atoms with Crippen LogP contribution >= 0.6 is 22.9 Å². The third kappa shape index (κ3) is 4.12. The fraction of sp³-hybridized carbons (Fsp3) is 0.200. The highest BCUT2D eigenvalue weighted by Gasteiger charge is 2.34. The number of carbonyl (C=O) groups is 1. The topological polar surface area (TPSA) is 123 Å². The number of H-pyrrole nitrogens is 1. The first-order valence-corrected chi connectivity index (χ1v) is 10.5. The molecule has 1 atom stereocenters. The Morgan fingerprint density at radius 2 is 2.06 bits per heavy atom. The summed E-state index contributed by atoms with van der Waals surface area (Å²) in [5, 5.41) is 3.98. The molecule has 1 amide bonds. The number of carbonyl (C=O) groups excluding carboxylic acids is 1. The number of anilines is 2. The minimum atomic E-state index is -0.922. The molecule has 0 saturated heterocycles. The number of benzene rings is 1. The monoisotopic (exact) mass is 459 g/mol. The van der Waals surface area contributed by atoms with Gasteiger partial charge in [0.15, 0.2) is 5.69 Å². The van der Waals surface area contributed by atoms with E-state index in [2.05, 4.69) is 10.1 Å². The number of rotatable bonds is 5. The van der Waals surface area contributed by atoms with E-state index in [1.807, 2.05) is 30.3 Å². The summed E-state index contributed by atoms with van der Waals surface area (Å²) in [7, 11) is 1.41. The molecule has 31 heavy (non-hydrogen) atoms. The second-order valence-corrected chi connectivity index (χ2v) is 8.62. The van der Waals surface area contributed by atoms with Gasteiger partial charge in [-0.05, 0) is 17.7 Å². The van der Waals surface area contributed by atoms with Gasteiger partial charge in [0.1, 0.15) is 11.5 Å². The van der Waals surface area contributed by atoms with Crippen LogP contribution in [0.1, 0.15) is 16.9 Å². The van der Waals surface area contributed by atoms with Gasteiger partial charge in [-0.3, -0.25) is 19.1 Å². The van der Waals surface area contributed by atoms with Gasteiger partial charge in [-0.25, -0.2) is 4.79 Å². The van der Waals surface area contributed by atoms with E-state index < -0.39 is 23.3 Å². The number of likely N-dealkylation sites (N-methyl/N-ethyl adjacent to an activating group) is 1. The molecule has 0 saturated carbocycles. The smallest absolute Gasteiger partial charge is 0.330 e. The molecule has 0 spiro atoms. The largest absolute Gasteiger partial charge is 0.383 e. The lowest BCUT2D eigenvalue weighted by atomic mass is 10.1. The average Bonchev–Trinajstić information content (AvgIpc) is 3.40. The van der Waals surface area contributed by atoms with E-state index in [9.17, 15) is 14.4 Å². The van der Waals surface area contributed by atoms with Crippen LogP contribution in [0.2, 0.25) is 4.34 Å². The number of hydrogen-bond acceptors (Lipinski definition) is 7. The van der Waals surface area contributed by atoms with Gasteiger partial charge >= 0.3 is 5.69 Å². The Balaban J connectivity index is 1.59. The maximum Gasteiger partial charge on any atom is 0.330 e. The Labute approximate surface area is 185 Å². The van der Waals surface area contributed by atoms with Crippen molar-refractivity contribution in [2.24, 2.45) is 5.16 Å². The van der Waals surface area contributed by atoms with Crippen molar-refractivity contribution in [1.29, 1.82) is 0 Å². The number of aromatic nitrogens is 2. The van der Waals surface area contributed by atoms with Crippen LogP contribution in [-0.4, -0.2) is 34.3 Å². The van der Waals surface area contributed by atoms with E-state index in [1.54, 1.807) is 12.1 Å². The standard InChI is InChI=1S/C20H18ClN5O4S/c1-25(19(28)13-9-12(24-30-13)14-7-8-15(21)31-14)16-17(22)26(20(29)23-18(16)27)10-11-5-3-2-4-6-11/h2-8,13H,9-10,22H2,1H3,(H,23,27,29). The van der Waals surface area contributed by atoms with Crippen LogP contribution in [0.3, 0.4) is 0 Å². The Morgan fingerprint density at radius 1 is 1.32 bits per heavy atom. The number of aromatic amines is 1. The molecule has 160 valence electrons. The number of amides is 1. The fourth-order valence-corrected chi connectivity index (χ4v) is 4.31. The Hall–Kier alpha value is -3.37. The van der Waals surface area contributed by atoms with Crippen molar-refractivity contribution >= 4 is 46.1 Å². The normalized spacial score (nSPS) is 15.4. The molecule has 2 aromatic heterocycles. The number of oxime groups is 1. The highest BCUT2D eigenvalue weighted by Crippen LogP contribution is 2.27. The molecule has 0 aliphatic carbocycles. The van der Waals surface area contributed by atoms with Gasteiger partial charge in [0.2, 0.25) is 6.10 Å². The van der Waals surface area contributed by atoms with Crippen LogP contribution < -0.4 is 21.9 Å². The van der Waals surface area contributed by atoms with Gasteiger partial charge < -0.3 is 15.5 Å². The number of halogens is 1. The molecule has 4 rings (SSSR count). The SMILES string of the molecule is CN(C(=O)C1CC(c2ccc(Cl)s2)=NO1)c1c(N)n(Cc2ccccc2)c(=O)[nH]c1=O. The van der Waals surface area contributed by atoms with Crippen LogP contribution in [0.5, 0.6) is 0 Å². The van der Waals surface area contributed by atoms with Crippen molar-refractivity contribution in [1.82, 2.24) is 9.55 Å². The van der Waals surface area contributed by atoms with Crippen LogP contribution in [0.15, 0.2) is 57.2 Å². The summed E-state index contributed by atoms with van der Waals surface area (Å²) >= 11 is 7.29. The van der Waals surface area contributed by atoms with Crippen LogP contribution in [-0.2, 0) is 16.2 Å². The molecule has 3 N–H and O–H groups in total. The maximum atomic E-state index is 13.0. The number of nitrogens with one attached hydrogen (secondary N) is 1. The zero-order valence-corrected chi connectivity index (χ0v) is 17.9. The lowest BCUT2D eigenvalue weighted by Crippen LogP contribution is -2.43. The second kappa shape index (κ2) is 8.40. The van der Waals surface area contributed by atoms with Gasteiger partial charge in [0, 0.05) is 13.5 Å². The summed E-state index contributed by atoms with van der Waals surface area (Å²) in [5.41, 5.74) is 6.03. The summed E-state index contributed by atoms with van der Waals surface area (Å²) < 4.78 is 1.81. The van der Waals surface area contributed by atoms with Crippen molar-refractivity contribution in [3.05, 3.63) is 78.1 Å². The maximum absolute atomic E-state index is 13.0. The summed E-state index contributed by atoms with van der Waals surface area (Å²) in [6.07, 6.45) is -0.698. The number of hydrogen-bond donors (Lipinski definition) is 2. The van der Waals surface area contributed by atoms with Gasteiger partial charge in [-0.15, -0.1) is 11.3 Å². The Kier molecular flexibility index (Phi) is 5.66. The van der Waals surface area contributed by atoms with Gasteiger partial charge in [-0.2, -0.15) is 0 Å². The highest BCUT2D eigenvalue weighted by molar-refractivity contribution is 7.18. The molecule has 0 bridgehead atoms. The summed E-state index contributed by atoms with van der Waals surface area (Å²) in [6, 6.07) is 12.7. The van der Waals surface area contributed by atoms with Crippen molar-refractivity contribution < 1.29 is 9.63 Å². The van der Waals surface area contributed by atoms with Crippen molar-refractivity contribution in [2.75, 3.05) is 17.7 Å². The van der Waals surface area contributed by atoms with E-state index in [1.165, 1.54) is 23.0 Å². The third-order valence-electron chi connectivity index (χ3n) is 4.87. The van der Waals surface area contributed by atoms with E-state index in [0.29, 0.717) is 10.0 Å². The molecule has 3 heterocycles. The molecule has 1 aliphatic rings.